The van der Waals surface area contributed by atoms with Gasteiger partial charge in [-0.25, -0.2) is 4.98 Å². The summed E-state index contributed by atoms with van der Waals surface area (Å²) in [6.45, 7) is 3.79. The van der Waals surface area contributed by atoms with Gasteiger partial charge >= 0.3 is 0 Å². The van der Waals surface area contributed by atoms with Gasteiger partial charge in [-0.3, -0.25) is 9.78 Å². The van der Waals surface area contributed by atoms with Gasteiger partial charge in [0.15, 0.2) is 0 Å². The van der Waals surface area contributed by atoms with E-state index in [1.807, 2.05) is 12.1 Å². The summed E-state index contributed by atoms with van der Waals surface area (Å²) in [5, 5.41) is 3.48. The fraction of sp³-hybridized carbons (Fsp3) is 0.312. The number of nitrogens with zero attached hydrogens (tertiary/aromatic N) is 4. The molecule has 1 aliphatic heterocycles. The van der Waals surface area contributed by atoms with Gasteiger partial charge in [0.2, 0.25) is 0 Å². The van der Waals surface area contributed by atoms with Crippen LogP contribution in [0.1, 0.15) is 10.5 Å². The lowest BCUT2D eigenvalue weighted by Crippen LogP contribution is -2.44. The Hall–Kier alpha value is -2.18. The van der Waals surface area contributed by atoms with Gasteiger partial charge in [-0.05, 0) is 25.2 Å². The van der Waals surface area contributed by atoms with Crippen molar-refractivity contribution < 1.29 is 4.79 Å². The summed E-state index contributed by atoms with van der Waals surface area (Å²) in [7, 11) is 2.11. The average Bonchev–Trinajstić information content (AvgIpc) is 2.57. The lowest BCUT2D eigenvalue weighted by atomic mass is 10.2. The first-order valence-electron chi connectivity index (χ1n) is 7.44. The highest BCUT2D eigenvalue weighted by molar-refractivity contribution is 6.31. The molecule has 1 fully saturated rings. The molecule has 0 spiro atoms. The number of likely N-dealkylation sites (N-methyl/N-ethyl adjacent to an activating group) is 1. The minimum Gasteiger partial charge on any atom is -0.367 e. The van der Waals surface area contributed by atoms with Crippen LogP contribution in [0.4, 0.5) is 11.4 Å². The van der Waals surface area contributed by atoms with Crippen molar-refractivity contribution in [2.24, 2.45) is 0 Å². The standard InChI is InChI=1S/C16H18ClN5O/c1-21-6-8-22(9-7-21)15-3-2-12(17)10-13(15)20-16(23)14-11-18-4-5-19-14/h2-5,10-11H,6-9H2,1H3,(H,20,23). The van der Waals surface area contributed by atoms with Crippen molar-refractivity contribution in [3.8, 4) is 0 Å². The minimum absolute atomic E-state index is 0.275. The van der Waals surface area contributed by atoms with Crippen LogP contribution < -0.4 is 10.2 Å². The quantitative estimate of drug-likeness (QED) is 0.933. The molecule has 120 valence electrons. The van der Waals surface area contributed by atoms with Gasteiger partial charge < -0.3 is 15.1 Å². The van der Waals surface area contributed by atoms with Crippen molar-refractivity contribution >= 4 is 28.9 Å². The largest absolute Gasteiger partial charge is 0.367 e. The van der Waals surface area contributed by atoms with E-state index < -0.39 is 0 Å². The first-order valence-corrected chi connectivity index (χ1v) is 7.82. The van der Waals surface area contributed by atoms with Gasteiger partial charge in [0.1, 0.15) is 5.69 Å². The van der Waals surface area contributed by atoms with E-state index in [2.05, 4.69) is 32.1 Å². The zero-order valence-corrected chi connectivity index (χ0v) is 13.6. The van der Waals surface area contributed by atoms with E-state index in [0.29, 0.717) is 10.7 Å². The molecule has 0 aliphatic carbocycles. The molecule has 2 heterocycles. The molecule has 23 heavy (non-hydrogen) atoms. The first-order chi connectivity index (χ1) is 11.1. The Morgan fingerprint density at radius 3 is 2.70 bits per heavy atom. The molecule has 0 unspecified atom stereocenters. The number of carbonyl (C=O) groups excluding carboxylic acids is 1. The highest BCUT2D eigenvalue weighted by Gasteiger charge is 2.19. The highest BCUT2D eigenvalue weighted by Crippen LogP contribution is 2.30. The molecule has 0 bridgehead atoms. The van der Waals surface area contributed by atoms with E-state index in [9.17, 15) is 4.79 Å². The Bertz CT molecular complexity index is 686. The molecular formula is C16H18ClN5O. The summed E-state index contributed by atoms with van der Waals surface area (Å²) in [6.07, 6.45) is 4.47. The van der Waals surface area contributed by atoms with Crippen LogP contribution in [0.5, 0.6) is 0 Å². The molecule has 1 amide bonds. The molecular weight excluding hydrogens is 314 g/mol. The number of carbonyl (C=O) groups is 1. The predicted octanol–water partition coefficient (Wildman–Crippen LogP) is 2.13. The smallest absolute Gasteiger partial charge is 0.275 e. The van der Waals surface area contributed by atoms with Crippen LogP contribution in [0.3, 0.4) is 0 Å². The SMILES string of the molecule is CN1CCN(c2ccc(Cl)cc2NC(=O)c2cnccn2)CC1. The predicted molar refractivity (Wildman–Crippen MR) is 91.1 cm³/mol. The molecule has 6 nitrogen and oxygen atoms in total. The molecule has 1 saturated heterocycles. The zero-order chi connectivity index (χ0) is 16.2. The van der Waals surface area contributed by atoms with Gasteiger partial charge in [-0.15, -0.1) is 0 Å². The second-order valence-electron chi connectivity index (χ2n) is 5.50. The molecule has 7 heteroatoms. The molecule has 1 aromatic heterocycles. The lowest BCUT2D eigenvalue weighted by molar-refractivity contribution is 0.102. The fourth-order valence-electron chi connectivity index (χ4n) is 2.53. The highest BCUT2D eigenvalue weighted by atomic mass is 35.5. The second kappa shape index (κ2) is 6.93. The number of halogens is 1. The summed E-state index contributed by atoms with van der Waals surface area (Å²) in [5.41, 5.74) is 1.94. The normalized spacial score (nSPS) is 15.5. The number of amides is 1. The van der Waals surface area contributed by atoms with Gasteiger partial charge in [-0.2, -0.15) is 0 Å². The average molecular weight is 332 g/mol. The molecule has 1 N–H and O–H groups in total. The van der Waals surface area contributed by atoms with E-state index in [1.165, 1.54) is 18.6 Å². The number of piperazine rings is 1. The Balaban J connectivity index is 1.83. The summed E-state index contributed by atoms with van der Waals surface area (Å²) in [5.74, 6) is -0.296. The monoisotopic (exact) mass is 331 g/mol. The zero-order valence-electron chi connectivity index (χ0n) is 12.9. The Labute approximate surface area is 140 Å². The first kappa shape index (κ1) is 15.7. The maximum Gasteiger partial charge on any atom is 0.275 e. The Morgan fingerprint density at radius 2 is 2.00 bits per heavy atom. The molecule has 1 aliphatic rings. The molecule has 0 radical (unpaired) electrons. The van der Waals surface area contributed by atoms with Crippen LogP contribution in [0.25, 0.3) is 0 Å². The maximum absolute atomic E-state index is 12.3. The van der Waals surface area contributed by atoms with Crippen molar-refractivity contribution in [3.05, 3.63) is 47.5 Å². The van der Waals surface area contributed by atoms with Crippen molar-refractivity contribution in [1.82, 2.24) is 14.9 Å². The summed E-state index contributed by atoms with van der Waals surface area (Å²) in [4.78, 5) is 24.8. The fourth-order valence-corrected chi connectivity index (χ4v) is 2.71. The van der Waals surface area contributed by atoms with Gasteiger partial charge in [0.25, 0.3) is 5.91 Å². The summed E-state index contributed by atoms with van der Waals surface area (Å²) >= 11 is 6.10. The second-order valence-corrected chi connectivity index (χ2v) is 5.93. The van der Waals surface area contributed by atoms with Crippen molar-refractivity contribution in [3.63, 3.8) is 0 Å². The Kier molecular flexibility index (Phi) is 4.73. The van der Waals surface area contributed by atoms with Crippen LogP contribution in [0.15, 0.2) is 36.8 Å². The molecule has 0 atom stereocenters. The van der Waals surface area contributed by atoms with Crippen LogP contribution in [-0.4, -0.2) is 54.0 Å². The third kappa shape index (κ3) is 3.78. The van der Waals surface area contributed by atoms with E-state index in [1.54, 1.807) is 6.07 Å². The minimum atomic E-state index is -0.296. The number of hydrogen-bond donors (Lipinski definition) is 1. The summed E-state index contributed by atoms with van der Waals surface area (Å²) < 4.78 is 0. The van der Waals surface area contributed by atoms with Crippen LogP contribution in [0, 0.1) is 0 Å². The molecule has 1 aromatic carbocycles. The third-order valence-corrected chi connectivity index (χ3v) is 4.08. The van der Waals surface area contributed by atoms with Crippen molar-refractivity contribution in [1.29, 1.82) is 0 Å². The topological polar surface area (TPSA) is 61.4 Å². The number of aromatic nitrogens is 2. The third-order valence-electron chi connectivity index (χ3n) is 3.85. The molecule has 3 rings (SSSR count). The Morgan fingerprint density at radius 1 is 1.22 bits per heavy atom. The number of benzene rings is 1. The van der Waals surface area contributed by atoms with Crippen LogP contribution in [-0.2, 0) is 0 Å². The van der Waals surface area contributed by atoms with E-state index in [-0.39, 0.29) is 11.6 Å². The number of hydrogen-bond acceptors (Lipinski definition) is 5. The van der Waals surface area contributed by atoms with E-state index in [0.717, 1.165) is 31.9 Å². The van der Waals surface area contributed by atoms with Crippen LogP contribution in [0.2, 0.25) is 5.02 Å². The van der Waals surface area contributed by atoms with E-state index >= 15 is 0 Å². The van der Waals surface area contributed by atoms with Crippen LogP contribution >= 0.6 is 11.6 Å². The molecule has 2 aromatic rings. The summed E-state index contributed by atoms with van der Waals surface area (Å²) in [6, 6.07) is 5.55. The number of rotatable bonds is 3. The van der Waals surface area contributed by atoms with Crippen molar-refractivity contribution in [2.45, 2.75) is 0 Å². The van der Waals surface area contributed by atoms with Gasteiger partial charge in [0.05, 0.1) is 17.6 Å². The van der Waals surface area contributed by atoms with E-state index in [4.69, 9.17) is 11.6 Å². The lowest BCUT2D eigenvalue weighted by Gasteiger charge is -2.35. The molecule has 0 saturated carbocycles. The van der Waals surface area contributed by atoms with Crippen molar-refractivity contribution in [2.75, 3.05) is 43.4 Å². The van der Waals surface area contributed by atoms with Gasteiger partial charge in [0, 0.05) is 43.6 Å². The number of anilines is 2. The van der Waals surface area contributed by atoms with Gasteiger partial charge in [-0.1, -0.05) is 11.6 Å². The number of nitrogens with one attached hydrogen (secondary N) is 1. The maximum atomic E-state index is 12.3.